The molecule has 4 heteroatoms. The Kier molecular flexibility index (Phi) is 4.25. The fraction of sp³-hybridized carbons (Fsp3) is 0.250. The lowest BCUT2D eigenvalue weighted by Gasteiger charge is -2.15. The smallest absolute Gasteiger partial charge is 0.132 e. The Morgan fingerprint density at radius 1 is 1.10 bits per heavy atom. The second-order valence-electron chi connectivity index (χ2n) is 4.71. The molecule has 2 rings (SSSR count). The lowest BCUT2D eigenvalue weighted by Crippen LogP contribution is -2.08. The highest BCUT2D eigenvalue weighted by Crippen LogP contribution is 2.31. The highest BCUT2D eigenvalue weighted by atomic mass is 19.1. The Bertz CT molecular complexity index is 594. The Balaban J connectivity index is 2.33. The second-order valence-corrected chi connectivity index (χ2v) is 4.71. The molecule has 2 aromatic carbocycles. The molecule has 0 aliphatic rings. The molecule has 2 N–H and O–H groups in total. The topological polar surface area (TPSA) is 44.5 Å². The molecule has 1 unspecified atom stereocenters. The van der Waals surface area contributed by atoms with Crippen LogP contribution in [0.15, 0.2) is 36.4 Å². The zero-order valence-electron chi connectivity index (χ0n) is 11.8. The van der Waals surface area contributed by atoms with Gasteiger partial charge in [-0.05, 0) is 55.8 Å². The van der Waals surface area contributed by atoms with E-state index >= 15 is 0 Å². The number of nitrogens with two attached hydrogens (primary N) is 1. The average molecular weight is 275 g/mol. The van der Waals surface area contributed by atoms with Crippen molar-refractivity contribution >= 4 is 0 Å². The van der Waals surface area contributed by atoms with Gasteiger partial charge in [0.15, 0.2) is 0 Å². The molecule has 0 aliphatic heterocycles. The van der Waals surface area contributed by atoms with Crippen molar-refractivity contribution in [3.8, 4) is 17.2 Å². The minimum atomic E-state index is -0.307. The summed E-state index contributed by atoms with van der Waals surface area (Å²) in [6.07, 6.45) is 0. The van der Waals surface area contributed by atoms with Gasteiger partial charge in [-0.25, -0.2) is 4.39 Å². The summed E-state index contributed by atoms with van der Waals surface area (Å²) in [5.74, 6) is 1.70. The van der Waals surface area contributed by atoms with Crippen molar-refractivity contribution in [2.45, 2.75) is 19.9 Å². The molecule has 106 valence electrons. The van der Waals surface area contributed by atoms with Crippen LogP contribution in [0.4, 0.5) is 4.39 Å². The third-order valence-electron chi connectivity index (χ3n) is 3.07. The Morgan fingerprint density at radius 2 is 1.70 bits per heavy atom. The van der Waals surface area contributed by atoms with Crippen LogP contribution in [0.2, 0.25) is 0 Å². The van der Waals surface area contributed by atoms with Crippen LogP contribution in [0.25, 0.3) is 0 Å². The highest BCUT2D eigenvalue weighted by Gasteiger charge is 2.13. The molecule has 0 bridgehead atoms. The molecule has 1 atom stereocenters. The fourth-order valence-corrected chi connectivity index (χ4v) is 1.89. The maximum atomic E-state index is 13.6. The predicted molar refractivity (Wildman–Crippen MR) is 76.8 cm³/mol. The summed E-state index contributed by atoms with van der Waals surface area (Å²) >= 11 is 0. The van der Waals surface area contributed by atoms with E-state index in [1.807, 2.05) is 0 Å². The van der Waals surface area contributed by atoms with Gasteiger partial charge >= 0.3 is 0 Å². The number of hydrogen-bond acceptors (Lipinski definition) is 3. The van der Waals surface area contributed by atoms with E-state index in [1.54, 1.807) is 51.3 Å². The minimum absolute atomic E-state index is 0.278. The Labute approximate surface area is 118 Å². The van der Waals surface area contributed by atoms with Crippen molar-refractivity contribution in [2.24, 2.45) is 5.73 Å². The van der Waals surface area contributed by atoms with Crippen LogP contribution in [0.5, 0.6) is 17.2 Å². The SMILES string of the molecule is COc1ccc(Oc2cc(C)c(F)cc2C(C)N)cc1. The summed E-state index contributed by atoms with van der Waals surface area (Å²) in [6, 6.07) is 9.98. The molecule has 0 amide bonds. The van der Waals surface area contributed by atoms with E-state index in [-0.39, 0.29) is 11.9 Å². The van der Waals surface area contributed by atoms with Gasteiger partial charge in [0.2, 0.25) is 0 Å². The molecule has 0 saturated carbocycles. The third kappa shape index (κ3) is 3.08. The molecular formula is C16H18FNO2. The normalized spacial score (nSPS) is 12.1. The van der Waals surface area contributed by atoms with Crippen LogP contribution in [0.3, 0.4) is 0 Å². The summed E-state index contributed by atoms with van der Waals surface area (Å²) in [7, 11) is 1.60. The monoisotopic (exact) mass is 275 g/mol. The number of methoxy groups -OCH3 is 1. The second kappa shape index (κ2) is 5.92. The van der Waals surface area contributed by atoms with Crippen LogP contribution in [0.1, 0.15) is 24.1 Å². The molecule has 0 aromatic heterocycles. The lowest BCUT2D eigenvalue weighted by molar-refractivity contribution is 0.412. The summed E-state index contributed by atoms with van der Waals surface area (Å²) < 4.78 is 24.5. The summed E-state index contributed by atoms with van der Waals surface area (Å²) in [5.41, 5.74) is 7.03. The zero-order valence-corrected chi connectivity index (χ0v) is 11.8. The van der Waals surface area contributed by atoms with Crippen molar-refractivity contribution in [2.75, 3.05) is 7.11 Å². The molecule has 0 aliphatic carbocycles. The van der Waals surface area contributed by atoms with E-state index < -0.39 is 0 Å². The standard InChI is InChI=1S/C16H18FNO2/c1-10-8-16(14(11(2)18)9-15(10)17)20-13-6-4-12(19-3)5-7-13/h4-9,11H,18H2,1-3H3. The van der Waals surface area contributed by atoms with Gasteiger partial charge in [0, 0.05) is 11.6 Å². The van der Waals surface area contributed by atoms with E-state index in [0.717, 1.165) is 5.75 Å². The van der Waals surface area contributed by atoms with Crippen LogP contribution < -0.4 is 15.2 Å². The first-order valence-corrected chi connectivity index (χ1v) is 6.39. The number of aryl methyl sites for hydroxylation is 1. The van der Waals surface area contributed by atoms with Gasteiger partial charge < -0.3 is 15.2 Å². The van der Waals surface area contributed by atoms with Crippen molar-refractivity contribution < 1.29 is 13.9 Å². The molecule has 0 saturated heterocycles. The number of ether oxygens (including phenoxy) is 2. The van der Waals surface area contributed by atoms with Gasteiger partial charge in [0.25, 0.3) is 0 Å². The van der Waals surface area contributed by atoms with E-state index in [2.05, 4.69) is 0 Å². The molecular weight excluding hydrogens is 257 g/mol. The molecule has 3 nitrogen and oxygen atoms in total. The summed E-state index contributed by atoms with van der Waals surface area (Å²) in [5, 5.41) is 0. The molecule has 0 heterocycles. The maximum Gasteiger partial charge on any atom is 0.132 e. The van der Waals surface area contributed by atoms with Gasteiger partial charge in [-0.1, -0.05) is 0 Å². The molecule has 2 aromatic rings. The Morgan fingerprint density at radius 3 is 2.25 bits per heavy atom. The largest absolute Gasteiger partial charge is 0.497 e. The van der Waals surface area contributed by atoms with Crippen molar-refractivity contribution in [1.29, 1.82) is 0 Å². The first-order valence-electron chi connectivity index (χ1n) is 6.39. The van der Waals surface area contributed by atoms with E-state index in [9.17, 15) is 4.39 Å². The molecule has 0 radical (unpaired) electrons. The van der Waals surface area contributed by atoms with E-state index in [0.29, 0.717) is 22.6 Å². The van der Waals surface area contributed by atoms with Crippen LogP contribution in [-0.4, -0.2) is 7.11 Å². The first-order chi connectivity index (χ1) is 9.51. The number of hydrogen-bond donors (Lipinski definition) is 1. The highest BCUT2D eigenvalue weighted by molar-refractivity contribution is 5.43. The van der Waals surface area contributed by atoms with Gasteiger partial charge in [-0.2, -0.15) is 0 Å². The quantitative estimate of drug-likeness (QED) is 0.918. The first kappa shape index (κ1) is 14.3. The van der Waals surface area contributed by atoms with Gasteiger partial charge in [0.05, 0.1) is 7.11 Å². The minimum Gasteiger partial charge on any atom is -0.497 e. The number of rotatable bonds is 4. The van der Waals surface area contributed by atoms with Gasteiger partial charge in [-0.15, -0.1) is 0 Å². The van der Waals surface area contributed by atoms with Crippen LogP contribution in [-0.2, 0) is 0 Å². The average Bonchev–Trinajstić information content (AvgIpc) is 2.43. The molecule has 0 fully saturated rings. The van der Waals surface area contributed by atoms with Crippen molar-refractivity contribution in [3.63, 3.8) is 0 Å². The van der Waals surface area contributed by atoms with Crippen molar-refractivity contribution in [1.82, 2.24) is 0 Å². The number of halogens is 1. The fourth-order valence-electron chi connectivity index (χ4n) is 1.89. The lowest BCUT2D eigenvalue weighted by atomic mass is 10.1. The van der Waals surface area contributed by atoms with Crippen LogP contribution in [0, 0.1) is 12.7 Å². The van der Waals surface area contributed by atoms with Gasteiger partial charge in [0.1, 0.15) is 23.1 Å². The van der Waals surface area contributed by atoms with Gasteiger partial charge in [-0.3, -0.25) is 0 Å². The van der Waals surface area contributed by atoms with Crippen LogP contribution >= 0.6 is 0 Å². The summed E-state index contributed by atoms with van der Waals surface area (Å²) in [6.45, 7) is 3.49. The number of benzene rings is 2. The van der Waals surface area contributed by atoms with E-state index in [1.165, 1.54) is 6.07 Å². The van der Waals surface area contributed by atoms with E-state index in [4.69, 9.17) is 15.2 Å². The zero-order chi connectivity index (χ0) is 14.7. The Hall–Kier alpha value is -2.07. The third-order valence-corrected chi connectivity index (χ3v) is 3.07. The summed E-state index contributed by atoms with van der Waals surface area (Å²) in [4.78, 5) is 0. The predicted octanol–water partition coefficient (Wildman–Crippen LogP) is 3.95. The molecule has 20 heavy (non-hydrogen) atoms. The molecule has 0 spiro atoms. The maximum absolute atomic E-state index is 13.6. The van der Waals surface area contributed by atoms with Crippen molar-refractivity contribution in [3.05, 3.63) is 53.3 Å².